The standard InChI is InChI=1S/C22H26FNO2/c1-15-8-18(23)9-16(2)21(15)22(25)10-19-13-26-14-20(11-22)24(19)12-17-6-4-3-5-7-17/h3-9,19-20,25H,10-14H2,1-2H3. The van der Waals surface area contributed by atoms with Crippen LogP contribution < -0.4 is 0 Å². The van der Waals surface area contributed by atoms with E-state index in [-0.39, 0.29) is 17.9 Å². The summed E-state index contributed by atoms with van der Waals surface area (Å²) in [5.41, 5.74) is 2.92. The third-order valence-electron chi connectivity index (χ3n) is 5.88. The van der Waals surface area contributed by atoms with Crippen LogP contribution >= 0.6 is 0 Å². The number of benzene rings is 2. The predicted molar refractivity (Wildman–Crippen MR) is 99.4 cm³/mol. The van der Waals surface area contributed by atoms with Crippen molar-refractivity contribution in [2.75, 3.05) is 13.2 Å². The predicted octanol–water partition coefficient (Wildman–Crippen LogP) is 3.69. The molecule has 2 atom stereocenters. The quantitative estimate of drug-likeness (QED) is 0.911. The average molecular weight is 355 g/mol. The smallest absolute Gasteiger partial charge is 0.123 e. The molecule has 2 heterocycles. The van der Waals surface area contributed by atoms with Gasteiger partial charge in [0.2, 0.25) is 0 Å². The highest BCUT2D eigenvalue weighted by molar-refractivity contribution is 5.40. The second-order valence-electron chi connectivity index (χ2n) is 7.86. The van der Waals surface area contributed by atoms with Gasteiger partial charge >= 0.3 is 0 Å². The van der Waals surface area contributed by atoms with Crippen molar-refractivity contribution < 1.29 is 14.2 Å². The highest BCUT2D eigenvalue weighted by Crippen LogP contribution is 2.43. The Morgan fingerprint density at radius 3 is 2.23 bits per heavy atom. The van der Waals surface area contributed by atoms with Crippen molar-refractivity contribution in [1.29, 1.82) is 0 Å². The maximum Gasteiger partial charge on any atom is 0.123 e. The van der Waals surface area contributed by atoms with Crippen LogP contribution in [0.3, 0.4) is 0 Å². The Kier molecular flexibility index (Phi) is 4.59. The molecule has 2 aromatic carbocycles. The van der Waals surface area contributed by atoms with Gasteiger partial charge in [-0.25, -0.2) is 4.39 Å². The number of aliphatic hydroxyl groups is 1. The number of halogens is 1. The van der Waals surface area contributed by atoms with Crippen molar-refractivity contribution in [3.8, 4) is 0 Å². The van der Waals surface area contributed by atoms with E-state index in [0.29, 0.717) is 26.1 Å². The van der Waals surface area contributed by atoms with Gasteiger partial charge in [-0.2, -0.15) is 0 Å². The van der Waals surface area contributed by atoms with Gasteiger partial charge in [0.1, 0.15) is 5.82 Å². The van der Waals surface area contributed by atoms with Crippen LogP contribution in [0.25, 0.3) is 0 Å². The first-order chi connectivity index (χ1) is 12.5. The van der Waals surface area contributed by atoms with E-state index in [2.05, 4.69) is 29.2 Å². The molecule has 26 heavy (non-hydrogen) atoms. The normalized spacial score (nSPS) is 28.9. The van der Waals surface area contributed by atoms with Crippen LogP contribution in [-0.4, -0.2) is 35.3 Å². The summed E-state index contributed by atoms with van der Waals surface area (Å²) in [6, 6.07) is 13.8. The molecule has 0 amide bonds. The Labute approximate surface area is 154 Å². The zero-order chi connectivity index (χ0) is 18.3. The summed E-state index contributed by atoms with van der Waals surface area (Å²) in [6.45, 7) is 5.92. The number of rotatable bonds is 3. The molecule has 0 aromatic heterocycles. The van der Waals surface area contributed by atoms with Gasteiger partial charge in [0.15, 0.2) is 0 Å². The van der Waals surface area contributed by atoms with E-state index in [4.69, 9.17) is 4.74 Å². The Morgan fingerprint density at radius 2 is 1.65 bits per heavy atom. The van der Waals surface area contributed by atoms with Gasteiger partial charge in [0.25, 0.3) is 0 Å². The second kappa shape index (κ2) is 6.76. The monoisotopic (exact) mass is 355 g/mol. The van der Waals surface area contributed by atoms with Gasteiger partial charge < -0.3 is 9.84 Å². The Hall–Kier alpha value is -1.75. The fourth-order valence-electron chi connectivity index (χ4n) is 4.95. The minimum absolute atomic E-state index is 0.163. The van der Waals surface area contributed by atoms with Crippen LogP contribution in [0.5, 0.6) is 0 Å². The molecule has 3 nitrogen and oxygen atoms in total. The highest BCUT2D eigenvalue weighted by atomic mass is 19.1. The van der Waals surface area contributed by atoms with Gasteiger partial charge in [-0.15, -0.1) is 0 Å². The van der Waals surface area contributed by atoms with Gasteiger partial charge in [0, 0.05) is 18.6 Å². The van der Waals surface area contributed by atoms with Gasteiger partial charge in [0.05, 0.1) is 18.8 Å². The number of morpholine rings is 1. The van der Waals surface area contributed by atoms with E-state index in [0.717, 1.165) is 23.2 Å². The molecule has 0 saturated carbocycles. The largest absolute Gasteiger partial charge is 0.385 e. The molecule has 2 unspecified atom stereocenters. The lowest BCUT2D eigenvalue weighted by Gasteiger charge is -2.52. The summed E-state index contributed by atoms with van der Waals surface area (Å²) in [7, 11) is 0. The molecular formula is C22H26FNO2. The maximum absolute atomic E-state index is 13.7. The molecule has 4 heteroatoms. The molecule has 138 valence electrons. The zero-order valence-electron chi connectivity index (χ0n) is 15.4. The number of hydrogen-bond donors (Lipinski definition) is 1. The van der Waals surface area contributed by atoms with E-state index in [1.165, 1.54) is 17.7 Å². The molecule has 2 aromatic rings. The third kappa shape index (κ3) is 3.18. The molecule has 2 saturated heterocycles. The molecular weight excluding hydrogens is 329 g/mol. The summed E-state index contributed by atoms with van der Waals surface area (Å²) in [5.74, 6) is -0.239. The van der Waals surface area contributed by atoms with Crippen LogP contribution in [0, 0.1) is 19.7 Å². The minimum Gasteiger partial charge on any atom is -0.385 e. The van der Waals surface area contributed by atoms with Crippen molar-refractivity contribution in [2.45, 2.75) is 50.9 Å². The van der Waals surface area contributed by atoms with Crippen LogP contribution in [0.2, 0.25) is 0 Å². The zero-order valence-corrected chi connectivity index (χ0v) is 15.4. The molecule has 1 N–H and O–H groups in total. The molecule has 2 aliphatic heterocycles. The van der Waals surface area contributed by atoms with E-state index >= 15 is 0 Å². The Morgan fingerprint density at radius 1 is 1.08 bits per heavy atom. The first kappa shape index (κ1) is 17.7. The number of hydrogen-bond acceptors (Lipinski definition) is 3. The van der Waals surface area contributed by atoms with Gasteiger partial charge in [-0.1, -0.05) is 30.3 Å². The molecule has 0 radical (unpaired) electrons. The van der Waals surface area contributed by atoms with E-state index in [1.54, 1.807) is 0 Å². The van der Waals surface area contributed by atoms with Gasteiger partial charge in [-0.05, 0) is 61.1 Å². The number of ether oxygens (including phenoxy) is 1. The fourth-order valence-corrected chi connectivity index (χ4v) is 4.95. The first-order valence-corrected chi connectivity index (χ1v) is 9.33. The molecule has 4 rings (SSSR count). The SMILES string of the molecule is Cc1cc(F)cc(C)c1C1(O)CC2COCC(C1)N2Cc1ccccc1. The van der Waals surface area contributed by atoms with Crippen LogP contribution in [0.4, 0.5) is 4.39 Å². The Balaban J connectivity index is 1.63. The van der Waals surface area contributed by atoms with E-state index < -0.39 is 5.60 Å². The lowest BCUT2D eigenvalue weighted by atomic mass is 9.74. The van der Waals surface area contributed by atoms with Gasteiger partial charge in [-0.3, -0.25) is 4.90 Å². The summed E-state index contributed by atoms with van der Waals surface area (Å²) < 4.78 is 19.5. The first-order valence-electron chi connectivity index (χ1n) is 9.33. The van der Waals surface area contributed by atoms with Crippen molar-refractivity contribution in [3.63, 3.8) is 0 Å². The Bertz CT molecular complexity index is 755. The van der Waals surface area contributed by atoms with Crippen molar-refractivity contribution in [2.24, 2.45) is 0 Å². The van der Waals surface area contributed by atoms with Crippen LogP contribution in [0.1, 0.15) is 35.1 Å². The fraction of sp³-hybridized carbons (Fsp3) is 0.455. The van der Waals surface area contributed by atoms with Crippen LogP contribution in [0.15, 0.2) is 42.5 Å². The summed E-state index contributed by atoms with van der Waals surface area (Å²) in [5, 5.41) is 11.6. The number of aryl methyl sites for hydroxylation is 2. The third-order valence-corrected chi connectivity index (χ3v) is 5.88. The molecule has 0 spiro atoms. The summed E-state index contributed by atoms with van der Waals surface area (Å²) in [4.78, 5) is 2.47. The minimum atomic E-state index is -0.922. The average Bonchev–Trinajstić information content (AvgIpc) is 2.56. The number of fused-ring (bicyclic) bond motifs is 2. The maximum atomic E-state index is 13.7. The van der Waals surface area contributed by atoms with Crippen molar-refractivity contribution in [1.82, 2.24) is 4.90 Å². The van der Waals surface area contributed by atoms with Crippen molar-refractivity contribution >= 4 is 0 Å². The number of piperidine rings is 1. The second-order valence-corrected chi connectivity index (χ2v) is 7.86. The summed E-state index contributed by atoms with van der Waals surface area (Å²) in [6.07, 6.45) is 1.23. The number of nitrogens with zero attached hydrogens (tertiary/aromatic N) is 1. The topological polar surface area (TPSA) is 32.7 Å². The molecule has 2 fully saturated rings. The lowest BCUT2D eigenvalue weighted by Crippen LogP contribution is -2.60. The van der Waals surface area contributed by atoms with Crippen molar-refractivity contribution in [3.05, 3.63) is 70.5 Å². The summed E-state index contributed by atoms with van der Waals surface area (Å²) >= 11 is 0. The van der Waals surface area contributed by atoms with Crippen LogP contribution in [-0.2, 0) is 16.9 Å². The molecule has 2 aliphatic rings. The van der Waals surface area contributed by atoms with E-state index in [1.807, 2.05) is 19.9 Å². The molecule has 2 bridgehead atoms. The lowest BCUT2D eigenvalue weighted by molar-refractivity contribution is -0.150. The molecule has 0 aliphatic carbocycles. The highest BCUT2D eigenvalue weighted by Gasteiger charge is 2.47. The van der Waals surface area contributed by atoms with E-state index in [9.17, 15) is 9.50 Å².